The largest absolute Gasteiger partial charge is 0.382 e. The van der Waals surface area contributed by atoms with Crippen molar-refractivity contribution in [3.63, 3.8) is 0 Å². The smallest absolute Gasteiger partial charge is 0.0852 e. The van der Waals surface area contributed by atoms with E-state index in [-0.39, 0.29) is 11.5 Å². The molecule has 2 atom stereocenters. The maximum Gasteiger partial charge on any atom is 0.0852 e. The molecule has 1 aliphatic carbocycles. The number of hydrogen-bond acceptors (Lipinski definition) is 2. The lowest BCUT2D eigenvalue weighted by Crippen LogP contribution is -2.26. The molecule has 0 N–H and O–H groups in total. The third kappa shape index (κ3) is 1.72. The molecule has 1 aliphatic rings. The van der Waals surface area contributed by atoms with Crippen molar-refractivity contribution >= 4 is 0 Å². The van der Waals surface area contributed by atoms with Gasteiger partial charge in [-0.2, -0.15) is 5.26 Å². The van der Waals surface area contributed by atoms with Gasteiger partial charge in [0.15, 0.2) is 0 Å². The molecule has 0 amide bonds. The van der Waals surface area contributed by atoms with E-state index in [1.54, 1.807) is 7.11 Å². The van der Waals surface area contributed by atoms with Crippen molar-refractivity contribution in [1.29, 1.82) is 5.26 Å². The fourth-order valence-electron chi connectivity index (χ4n) is 2.64. The number of nitriles is 1. The Bertz CT molecular complexity index is 421. The van der Waals surface area contributed by atoms with E-state index in [0.29, 0.717) is 0 Å². The summed E-state index contributed by atoms with van der Waals surface area (Å²) in [6.07, 6.45) is 2.86. The second-order valence-electron chi connectivity index (χ2n) is 4.60. The van der Waals surface area contributed by atoms with E-state index < -0.39 is 0 Å². The van der Waals surface area contributed by atoms with E-state index in [4.69, 9.17) is 4.74 Å². The van der Waals surface area contributed by atoms with Crippen molar-refractivity contribution in [2.45, 2.75) is 37.7 Å². The molecular formula is C14H17NO. The molecule has 0 saturated carbocycles. The summed E-state index contributed by atoms with van der Waals surface area (Å²) in [4.78, 5) is 0. The monoisotopic (exact) mass is 215 g/mol. The van der Waals surface area contributed by atoms with Crippen LogP contribution in [0.2, 0.25) is 0 Å². The topological polar surface area (TPSA) is 33.0 Å². The molecule has 0 bridgehead atoms. The van der Waals surface area contributed by atoms with Crippen LogP contribution in [0.4, 0.5) is 0 Å². The lowest BCUT2D eigenvalue weighted by Gasteiger charge is -2.25. The SMILES string of the molecule is COC(C)CC1(C#N)CCc2ccccc21. The first-order valence-corrected chi connectivity index (χ1v) is 5.74. The maximum atomic E-state index is 9.50. The van der Waals surface area contributed by atoms with Gasteiger partial charge in [0, 0.05) is 7.11 Å². The van der Waals surface area contributed by atoms with Gasteiger partial charge in [0.2, 0.25) is 0 Å². The molecule has 16 heavy (non-hydrogen) atoms. The van der Waals surface area contributed by atoms with Gasteiger partial charge in [-0.3, -0.25) is 0 Å². The Morgan fingerprint density at radius 2 is 2.25 bits per heavy atom. The zero-order chi connectivity index (χ0) is 11.6. The summed E-state index contributed by atoms with van der Waals surface area (Å²) in [6, 6.07) is 10.8. The third-order valence-electron chi connectivity index (χ3n) is 3.61. The highest BCUT2D eigenvalue weighted by Crippen LogP contribution is 2.42. The molecule has 0 saturated heterocycles. The number of methoxy groups -OCH3 is 1. The van der Waals surface area contributed by atoms with Crippen LogP contribution in [0.1, 0.15) is 30.9 Å². The standard InChI is InChI=1S/C14H17NO/c1-11(16-2)9-14(10-15)8-7-12-5-3-4-6-13(12)14/h3-6,11H,7-9H2,1-2H3. The average Bonchev–Trinajstić information content (AvgIpc) is 2.69. The Kier molecular flexibility index (Phi) is 2.98. The molecule has 0 aliphatic heterocycles. The fourth-order valence-corrected chi connectivity index (χ4v) is 2.64. The zero-order valence-electron chi connectivity index (χ0n) is 9.86. The minimum absolute atomic E-state index is 0.130. The maximum absolute atomic E-state index is 9.50. The van der Waals surface area contributed by atoms with Crippen LogP contribution in [-0.4, -0.2) is 13.2 Å². The summed E-state index contributed by atoms with van der Waals surface area (Å²) < 4.78 is 5.30. The van der Waals surface area contributed by atoms with Gasteiger partial charge in [0.05, 0.1) is 17.6 Å². The van der Waals surface area contributed by atoms with Gasteiger partial charge in [-0.05, 0) is 37.3 Å². The second-order valence-corrected chi connectivity index (χ2v) is 4.60. The fraction of sp³-hybridized carbons (Fsp3) is 0.500. The number of benzene rings is 1. The highest BCUT2D eigenvalue weighted by atomic mass is 16.5. The number of hydrogen-bond donors (Lipinski definition) is 0. The van der Waals surface area contributed by atoms with Crippen LogP contribution in [0, 0.1) is 11.3 Å². The molecule has 0 spiro atoms. The summed E-state index contributed by atoms with van der Waals surface area (Å²) in [5.41, 5.74) is 2.21. The average molecular weight is 215 g/mol. The lowest BCUT2D eigenvalue weighted by atomic mass is 9.79. The molecule has 2 nitrogen and oxygen atoms in total. The van der Waals surface area contributed by atoms with E-state index in [9.17, 15) is 5.26 Å². The van der Waals surface area contributed by atoms with Crippen molar-refractivity contribution in [3.8, 4) is 6.07 Å². The van der Waals surface area contributed by atoms with Crippen molar-refractivity contribution in [3.05, 3.63) is 35.4 Å². The third-order valence-corrected chi connectivity index (χ3v) is 3.61. The summed E-state index contributed by atoms with van der Waals surface area (Å²) in [5.74, 6) is 0. The van der Waals surface area contributed by atoms with E-state index >= 15 is 0 Å². The van der Waals surface area contributed by atoms with E-state index in [1.807, 2.05) is 19.1 Å². The van der Waals surface area contributed by atoms with Crippen molar-refractivity contribution in [2.24, 2.45) is 0 Å². The van der Waals surface area contributed by atoms with Crippen molar-refractivity contribution in [1.82, 2.24) is 0 Å². The number of fused-ring (bicyclic) bond motifs is 1. The summed E-state index contributed by atoms with van der Waals surface area (Å²) >= 11 is 0. The highest BCUT2D eigenvalue weighted by molar-refractivity contribution is 5.44. The molecule has 84 valence electrons. The second kappa shape index (κ2) is 4.27. The molecule has 2 rings (SSSR count). The first kappa shape index (κ1) is 11.2. The number of rotatable bonds is 3. The predicted molar refractivity (Wildman–Crippen MR) is 63.1 cm³/mol. The van der Waals surface area contributed by atoms with Crippen molar-refractivity contribution in [2.75, 3.05) is 7.11 Å². The van der Waals surface area contributed by atoms with Crippen LogP contribution in [0.3, 0.4) is 0 Å². The van der Waals surface area contributed by atoms with Gasteiger partial charge >= 0.3 is 0 Å². The normalized spacial score (nSPS) is 24.8. The Morgan fingerprint density at radius 3 is 2.94 bits per heavy atom. The van der Waals surface area contributed by atoms with E-state index in [1.165, 1.54) is 11.1 Å². The Morgan fingerprint density at radius 1 is 1.50 bits per heavy atom. The number of aryl methyl sites for hydroxylation is 1. The van der Waals surface area contributed by atoms with Crippen LogP contribution in [0.15, 0.2) is 24.3 Å². The van der Waals surface area contributed by atoms with Crippen molar-refractivity contribution < 1.29 is 4.74 Å². The molecule has 2 unspecified atom stereocenters. The Hall–Kier alpha value is -1.33. The highest BCUT2D eigenvalue weighted by Gasteiger charge is 2.39. The molecule has 0 heterocycles. The first-order valence-electron chi connectivity index (χ1n) is 5.74. The molecule has 0 radical (unpaired) electrons. The number of nitrogens with zero attached hydrogens (tertiary/aromatic N) is 1. The Balaban J connectivity index is 2.35. The minimum atomic E-state index is -0.327. The van der Waals surface area contributed by atoms with Gasteiger partial charge in [-0.15, -0.1) is 0 Å². The summed E-state index contributed by atoms with van der Waals surface area (Å²) in [6.45, 7) is 2.03. The summed E-state index contributed by atoms with van der Waals surface area (Å²) in [7, 11) is 1.70. The van der Waals surface area contributed by atoms with Gasteiger partial charge in [0.1, 0.15) is 0 Å². The quantitative estimate of drug-likeness (QED) is 0.776. The minimum Gasteiger partial charge on any atom is -0.382 e. The Labute approximate surface area is 96.9 Å². The van der Waals surface area contributed by atoms with E-state index in [2.05, 4.69) is 18.2 Å². The number of ether oxygens (including phenoxy) is 1. The van der Waals surface area contributed by atoms with Gasteiger partial charge in [0.25, 0.3) is 0 Å². The van der Waals surface area contributed by atoms with Gasteiger partial charge < -0.3 is 4.74 Å². The van der Waals surface area contributed by atoms with Crippen LogP contribution in [-0.2, 0) is 16.6 Å². The van der Waals surface area contributed by atoms with Crippen LogP contribution in [0.5, 0.6) is 0 Å². The molecule has 1 aromatic rings. The molecule has 0 aromatic heterocycles. The lowest BCUT2D eigenvalue weighted by molar-refractivity contribution is 0.0956. The molecule has 0 fully saturated rings. The van der Waals surface area contributed by atoms with Gasteiger partial charge in [-0.1, -0.05) is 24.3 Å². The molecule has 1 aromatic carbocycles. The molecular weight excluding hydrogens is 198 g/mol. The van der Waals surface area contributed by atoms with Crippen LogP contribution >= 0.6 is 0 Å². The predicted octanol–water partition coefficient (Wildman–Crippen LogP) is 2.82. The zero-order valence-corrected chi connectivity index (χ0v) is 9.86. The first-order chi connectivity index (χ1) is 7.72. The van der Waals surface area contributed by atoms with Crippen LogP contribution < -0.4 is 0 Å². The molecule has 2 heteroatoms. The van der Waals surface area contributed by atoms with E-state index in [0.717, 1.165) is 19.3 Å². The van der Waals surface area contributed by atoms with Crippen LogP contribution in [0.25, 0.3) is 0 Å². The van der Waals surface area contributed by atoms with Gasteiger partial charge in [-0.25, -0.2) is 0 Å². The summed E-state index contributed by atoms with van der Waals surface area (Å²) in [5, 5.41) is 9.50.